The number of halogens is 4. The highest BCUT2D eigenvalue weighted by Gasteiger charge is 2.33. The minimum Gasteiger partial charge on any atom is -0.406 e. The van der Waals surface area contributed by atoms with E-state index in [1.54, 1.807) is 18.2 Å². The Labute approximate surface area is 265 Å². The summed E-state index contributed by atoms with van der Waals surface area (Å²) < 4.78 is 42.5. The quantitative estimate of drug-likeness (QED) is 0.201. The zero-order valence-corrected chi connectivity index (χ0v) is 25.8. The predicted molar refractivity (Wildman–Crippen MR) is 168 cm³/mol. The van der Waals surface area contributed by atoms with Crippen LogP contribution in [0.3, 0.4) is 0 Å². The molecule has 0 bridgehead atoms. The lowest BCUT2D eigenvalue weighted by atomic mass is 9.99. The standard InChI is InChI=1S/C30H27ClF3N7O3S/c1-17(2)22-10-4-18(3)12-25(22)41-27(42)15-45-29(41)38-28(43)37-19-5-11-24(23(31)13-19)35-14-26-36-16-40(39-26)20-6-8-21(9-7-20)44-30(32,33)34/h4-13,16-17,35H,14-15H2,1-3H3,(H,37,43)/b38-29-. The average molecular weight is 658 g/mol. The molecule has 10 nitrogen and oxygen atoms in total. The number of aromatic nitrogens is 3. The van der Waals surface area contributed by atoms with Gasteiger partial charge in [0, 0.05) is 5.69 Å². The van der Waals surface area contributed by atoms with Gasteiger partial charge in [-0.3, -0.25) is 9.69 Å². The molecule has 15 heteroatoms. The second-order valence-electron chi connectivity index (χ2n) is 10.3. The van der Waals surface area contributed by atoms with Crippen LogP contribution in [-0.4, -0.2) is 44.0 Å². The first-order valence-corrected chi connectivity index (χ1v) is 15.0. The molecule has 0 spiro atoms. The van der Waals surface area contributed by atoms with Crippen molar-refractivity contribution in [3.8, 4) is 11.4 Å². The SMILES string of the molecule is Cc1ccc(C(C)C)c(N2C(=O)CS/C2=N\C(=O)Nc2ccc(NCc3ncn(-c4ccc(OC(F)(F)F)cc4)n3)c(Cl)c2)c1. The minimum absolute atomic E-state index is 0.148. The number of amides is 3. The summed E-state index contributed by atoms with van der Waals surface area (Å²) in [5, 5.41) is 10.7. The van der Waals surface area contributed by atoms with E-state index in [9.17, 15) is 22.8 Å². The summed E-state index contributed by atoms with van der Waals surface area (Å²) in [5.41, 5.74) is 4.14. The van der Waals surface area contributed by atoms with Gasteiger partial charge in [-0.2, -0.15) is 4.99 Å². The molecule has 2 N–H and O–H groups in total. The average Bonchev–Trinajstić information content (AvgIpc) is 3.58. The maximum Gasteiger partial charge on any atom is 0.573 e. The van der Waals surface area contributed by atoms with Crippen LogP contribution in [0.2, 0.25) is 5.02 Å². The molecule has 1 fully saturated rings. The van der Waals surface area contributed by atoms with Gasteiger partial charge in [-0.25, -0.2) is 14.5 Å². The van der Waals surface area contributed by atoms with Crippen molar-refractivity contribution in [3.63, 3.8) is 0 Å². The normalized spacial score (nSPS) is 14.4. The lowest BCUT2D eigenvalue weighted by Crippen LogP contribution is -2.31. The molecule has 1 aromatic heterocycles. The van der Waals surface area contributed by atoms with Crippen LogP contribution >= 0.6 is 23.4 Å². The Kier molecular flexibility index (Phi) is 9.34. The number of amidine groups is 1. The number of aryl methyl sites for hydroxylation is 1. The van der Waals surface area contributed by atoms with Crippen LogP contribution in [0.5, 0.6) is 5.75 Å². The van der Waals surface area contributed by atoms with Gasteiger partial charge >= 0.3 is 12.4 Å². The van der Waals surface area contributed by atoms with Crippen molar-refractivity contribution < 1.29 is 27.5 Å². The zero-order chi connectivity index (χ0) is 32.3. The van der Waals surface area contributed by atoms with Crippen molar-refractivity contribution in [2.45, 2.75) is 39.6 Å². The van der Waals surface area contributed by atoms with Gasteiger partial charge in [-0.15, -0.1) is 18.3 Å². The lowest BCUT2D eigenvalue weighted by molar-refractivity contribution is -0.274. The Morgan fingerprint density at radius 3 is 2.58 bits per heavy atom. The van der Waals surface area contributed by atoms with E-state index in [0.29, 0.717) is 33.1 Å². The number of aliphatic imine (C=N–C) groups is 1. The van der Waals surface area contributed by atoms with Gasteiger partial charge in [0.05, 0.1) is 34.4 Å². The summed E-state index contributed by atoms with van der Waals surface area (Å²) >= 11 is 7.65. The first-order valence-electron chi connectivity index (χ1n) is 13.6. The molecule has 0 saturated carbocycles. The molecular formula is C30H27ClF3N7O3S. The van der Waals surface area contributed by atoms with Crippen molar-refractivity contribution in [1.82, 2.24) is 14.8 Å². The summed E-state index contributed by atoms with van der Waals surface area (Å²) in [6.45, 7) is 6.22. The summed E-state index contributed by atoms with van der Waals surface area (Å²) in [4.78, 5) is 35.6. The number of nitrogens with zero attached hydrogens (tertiary/aromatic N) is 5. The van der Waals surface area contributed by atoms with Crippen molar-refractivity contribution in [2.75, 3.05) is 21.3 Å². The molecule has 3 amide bonds. The highest BCUT2D eigenvalue weighted by molar-refractivity contribution is 8.15. The Bertz CT molecular complexity index is 1760. The Balaban J connectivity index is 1.21. The third kappa shape index (κ3) is 7.94. The molecule has 1 saturated heterocycles. The Morgan fingerprint density at radius 1 is 1.13 bits per heavy atom. The number of thioether (sulfide) groups is 1. The molecule has 2 heterocycles. The highest BCUT2D eigenvalue weighted by Crippen LogP contribution is 2.34. The molecule has 1 aliphatic heterocycles. The lowest BCUT2D eigenvalue weighted by Gasteiger charge is -2.22. The number of anilines is 3. The smallest absolute Gasteiger partial charge is 0.406 e. The van der Waals surface area contributed by atoms with Gasteiger partial charge in [-0.1, -0.05) is 49.3 Å². The van der Waals surface area contributed by atoms with Gasteiger partial charge in [-0.05, 0) is 72.5 Å². The molecule has 45 heavy (non-hydrogen) atoms. The molecule has 5 rings (SSSR count). The maximum atomic E-state index is 12.9. The van der Waals surface area contributed by atoms with Gasteiger partial charge < -0.3 is 15.4 Å². The molecule has 0 aliphatic carbocycles. The van der Waals surface area contributed by atoms with Crippen molar-refractivity contribution >= 4 is 57.5 Å². The second kappa shape index (κ2) is 13.2. The van der Waals surface area contributed by atoms with E-state index in [1.165, 1.54) is 51.9 Å². The minimum atomic E-state index is -4.77. The number of ether oxygens (including phenoxy) is 1. The number of rotatable bonds is 8. The van der Waals surface area contributed by atoms with Gasteiger partial charge in [0.15, 0.2) is 11.0 Å². The number of hydrogen-bond donors (Lipinski definition) is 2. The molecule has 4 aromatic rings. The second-order valence-corrected chi connectivity index (χ2v) is 11.6. The fraction of sp³-hybridized carbons (Fsp3) is 0.233. The van der Waals surface area contributed by atoms with Gasteiger partial charge in [0.2, 0.25) is 5.91 Å². The number of nitrogens with one attached hydrogen (secondary N) is 2. The van der Waals surface area contributed by atoms with Crippen LogP contribution in [0.4, 0.5) is 35.0 Å². The molecule has 0 unspecified atom stereocenters. The monoisotopic (exact) mass is 657 g/mol. The molecule has 1 aliphatic rings. The van der Waals surface area contributed by atoms with Crippen LogP contribution in [0.25, 0.3) is 5.69 Å². The topological polar surface area (TPSA) is 114 Å². The molecular weight excluding hydrogens is 631 g/mol. The van der Waals surface area contributed by atoms with Crippen molar-refractivity contribution in [1.29, 1.82) is 0 Å². The first-order chi connectivity index (χ1) is 21.4. The summed E-state index contributed by atoms with van der Waals surface area (Å²) in [7, 11) is 0. The van der Waals surface area contributed by atoms with E-state index >= 15 is 0 Å². The summed E-state index contributed by atoms with van der Waals surface area (Å²) in [5.74, 6) is 0.256. The number of benzene rings is 3. The Morgan fingerprint density at radius 2 is 1.89 bits per heavy atom. The number of urea groups is 1. The fourth-order valence-corrected chi connectivity index (χ4v) is 5.58. The number of alkyl halides is 3. The third-order valence-electron chi connectivity index (χ3n) is 6.54. The van der Waals surface area contributed by atoms with E-state index in [0.717, 1.165) is 16.8 Å². The zero-order valence-electron chi connectivity index (χ0n) is 24.2. The van der Waals surface area contributed by atoms with Crippen molar-refractivity contribution in [3.05, 3.63) is 89.0 Å². The van der Waals surface area contributed by atoms with Crippen molar-refractivity contribution in [2.24, 2.45) is 4.99 Å². The van der Waals surface area contributed by atoms with E-state index in [-0.39, 0.29) is 29.9 Å². The van der Waals surface area contributed by atoms with E-state index in [4.69, 9.17) is 11.6 Å². The molecule has 0 radical (unpaired) electrons. The third-order valence-corrected chi connectivity index (χ3v) is 7.78. The van der Waals surface area contributed by atoms with Crippen LogP contribution in [0.1, 0.15) is 36.7 Å². The first kappa shape index (κ1) is 31.9. The molecule has 0 atom stereocenters. The predicted octanol–water partition coefficient (Wildman–Crippen LogP) is 7.53. The van der Waals surface area contributed by atoms with E-state index in [1.807, 2.05) is 39.0 Å². The summed E-state index contributed by atoms with van der Waals surface area (Å²) in [6.07, 6.45) is -3.34. The largest absolute Gasteiger partial charge is 0.573 e. The van der Waals surface area contributed by atoms with Crippen LogP contribution < -0.4 is 20.3 Å². The Hall–Kier alpha value is -4.56. The van der Waals surface area contributed by atoms with Crippen LogP contribution in [0, 0.1) is 6.92 Å². The van der Waals surface area contributed by atoms with Gasteiger partial charge in [0.25, 0.3) is 0 Å². The van der Waals surface area contributed by atoms with E-state index < -0.39 is 12.4 Å². The fourth-order valence-electron chi connectivity index (χ4n) is 4.47. The number of carbonyl (C=O) groups excluding carboxylic acids is 2. The van der Waals surface area contributed by atoms with Gasteiger partial charge in [0.1, 0.15) is 12.1 Å². The number of carbonyl (C=O) groups is 2. The maximum absolute atomic E-state index is 12.9. The summed E-state index contributed by atoms with van der Waals surface area (Å²) in [6, 6.07) is 15.3. The van der Waals surface area contributed by atoms with Crippen LogP contribution in [-0.2, 0) is 11.3 Å². The molecule has 3 aromatic carbocycles. The van der Waals surface area contributed by atoms with E-state index in [2.05, 4.69) is 30.4 Å². The number of hydrogen-bond acceptors (Lipinski definition) is 7. The van der Waals surface area contributed by atoms with Crippen LogP contribution in [0.15, 0.2) is 72.0 Å². The highest BCUT2D eigenvalue weighted by atomic mass is 35.5. The molecule has 234 valence electrons.